The predicted molar refractivity (Wildman–Crippen MR) is 96.4 cm³/mol. The van der Waals surface area contributed by atoms with Gasteiger partial charge in [-0.2, -0.15) is 26.3 Å². The fourth-order valence-corrected chi connectivity index (χ4v) is 2.66. The first-order chi connectivity index (χ1) is 14.3. The number of carbonyl (C=O) groups is 2. The van der Waals surface area contributed by atoms with Gasteiger partial charge in [-0.1, -0.05) is 12.1 Å². The van der Waals surface area contributed by atoms with E-state index < -0.39 is 47.0 Å². The molecule has 31 heavy (non-hydrogen) atoms. The number of halogens is 6. The zero-order chi connectivity index (χ0) is 23.4. The molecule has 2 aromatic carbocycles. The molecule has 2 aromatic rings. The molecule has 0 heterocycles. The van der Waals surface area contributed by atoms with E-state index in [-0.39, 0.29) is 24.6 Å². The number of ether oxygens (including phenoxy) is 2. The fourth-order valence-electron chi connectivity index (χ4n) is 2.66. The first-order valence-electron chi connectivity index (χ1n) is 8.66. The van der Waals surface area contributed by atoms with Gasteiger partial charge in [0.15, 0.2) is 0 Å². The summed E-state index contributed by atoms with van der Waals surface area (Å²) in [5.41, 5.74) is -3.64. The van der Waals surface area contributed by atoms with Gasteiger partial charge >= 0.3 is 18.3 Å². The molecule has 0 aromatic heterocycles. The second-order valence-corrected chi connectivity index (χ2v) is 6.40. The van der Waals surface area contributed by atoms with Gasteiger partial charge in [0, 0.05) is 12.0 Å². The van der Waals surface area contributed by atoms with E-state index in [1.54, 1.807) is 24.3 Å². The van der Waals surface area contributed by atoms with Crippen LogP contribution in [0.4, 0.5) is 26.3 Å². The van der Waals surface area contributed by atoms with Crippen molar-refractivity contribution in [2.75, 3.05) is 14.2 Å². The van der Waals surface area contributed by atoms with Crippen LogP contribution < -0.4 is 10.1 Å². The number of nitrogens with one attached hydrogen (secondary N) is 1. The van der Waals surface area contributed by atoms with Gasteiger partial charge in [-0.25, -0.2) is 4.79 Å². The van der Waals surface area contributed by atoms with E-state index in [1.165, 1.54) is 7.11 Å². The van der Waals surface area contributed by atoms with Crippen molar-refractivity contribution in [3.05, 3.63) is 64.7 Å². The standard InChI is InChI=1S/C20H17F6NO4/c1-30-15-5-3-11(4-6-15)7-16(18(29)31-2)27-17(28)12-8-13(19(21,22)23)10-14(9-12)20(24,25)26/h3-6,8-10,16H,7H2,1-2H3,(H,27,28)/t16-/m0/s1. The number of alkyl halides is 6. The maximum atomic E-state index is 13.0. The van der Waals surface area contributed by atoms with Crippen LogP contribution in [0.5, 0.6) is 5.75 Å². The smallest absolute Gasteiger partial charge is 0.416 e. The Hall–Kier alpha value is -3.24. The van der Waals surface area contributed by atoms with Crippen molar-refractivity contribution < 1.29 is 45.4 Å². The van der Waals surface area contributed by atoms with Gasteiger partial charge < -0.3 is 14.8 Å². The van der Waals surface area contributed by atoms with Gasteiger partial charge in [-0.15, -0.1) is 0 Å². The lowest BCUT2D eigenvalue weighted by Gasteiger charge is -2.18. The SMILES string of the molecule is COC(=O)[C@H](Cc1ccc(OC)cc1)NC(=O)c1cc(C(F)(F)F)cc(C(F)(F)F)c1. The number of hydrogen-bond acceptors (Lipinski definition) is 4. The van der Waals surface area contributed by atoms with E-state index in [9.17, 15) is 35.9 Å². The molecule has 0 radical (unpaired) electrons. The number of amides is 1. The van der Waals surface area contributed by atoms with Crippen LogP contribution in [-0.2, 0) is 28.3 Å². The quantitative estimate of drug-likeness (QED) is 0.529. The average molecular weight is 449 g/mol. The Kier molecular flexibility index (Phi) is 7.19. The number of carbonyl (C=O) groups excluding carboxylic acids is 2. The van der Waals surface area contributed by atoms with Crippen molar-refractivity contribution in [2.45, 2.75) is 24.8 Å². The first kappa shape index (κ1) is 24.0. The van der Waals surface area contributed by atoms with Crippen molar-refractivity contribution in [3.63, 3.8) is 0 Å². The third-order valence-electron chi connectivity index (χ3n) is 4.24. The molecule has 5 nitrogen and oxygen atoms in total. The molecular weight excluding hydrogens is 432 g/mol. The average Bonchev–Trinajstić information content (AvgIpc) is 2.71. The van der Waals surface area contributed by atoms with Gasteiger partial charge in [0.2, 0.25) is 0 Å². The summed E-state index contributed by atoms with van der Waals surface area (Å²) in [6.45, 7) is 0. The molecule has 0 unspecified atom stereocenters. The highest BCUT2D eigenvalue weighted by atomic mass is 19.4. The molecule has 0 spiro atoms. The van der Waals surface area contributed by atoms with Crippen molar-refractivity contribution in [3.8, 4) is 5.75 Å². The highest BCUT2D eigenvalue weighted by Gasteiger charge is 2.37. The summed E-state index contributed by atoms with van der Waals surface area (Å²) in [6, 6.07) is 5.43. The lowest BCUT2D eigenvalue weighted by molar-refractivity contribution is -0.144. The Labute approximate surface area is 173 Å². The molecule has 2 rings (SSSR count). The highest BCUT2D eigenvalue weighted by Crippen LogP contribution is 2.36. The lowest BCUT2D eigenvalue weighted by atomic mass is 10.0. The van der Waals surface area contributed by atoms with E-state index in [1.807, 2.05) is 0 Å². The second kappa shape index (κ2) is 9.27. The topological polar surface area (TPSA) is 64.6 Å². The van der Waals surface area contributed by atoms with Crippen LogP contribution in [0.25, 0.3) is 0 Å². The minimum absolute atomic E-state index is 0.0913. The monoisotopic (exact) mass is 449 g/mol. The number of methoxy groups -OCH3 is 2. The Balaban J connectivity index is 2.34. The van der Waals surface area contributed by atoms with Crippen molar-refractivity contribution >= 4 is 11.9 Å². The summed E-state index contributed by atoms with van der Waals surface area (Å²) in [4.78, 5) is 24.5. The molecule has 0 aliphatic heterocycles. The number of benzene rings is 2. The lowest BCUT2D eigenvalue weighted by Crippen LogP contribution is -2.43. The molecule has 0 saturated carbocycles. The molecular formula is C20H17F6NO4. The summed E-state index contributed by atoms with van der Waals surface area (Å²) in [5, 5.41) is 2.14. The van der Waals surface area contributed by atoms with Crippen LogP contribution in [0.2, 0.25) is 0 Å². The van der Waals surface area contributed by atoms with Crippen LogP contribution in [0.3, 0.4) is 0 Å². The summed E-state index contributed by atoms with van der Waals surface area (Å²) >= 11 is 0. The predicted octanol–water partition coefficient (Wildman–Crippen LogP) is 4.25. The van der Waals surface area contributed by atoms with E-state index in [2.05, 4.69) is 10.1 Å². The third-order valence-corrected chi connectivity index (χ3v) is 4.24. The summed E-state index contributed by atoms with van der Waals surface area (Å²) in [6.07, 6.45) is -10.3. The fraction of sp³-hybridized carbons (Fsp3) is 0.300. The normalized spacial score (nSPS) is 12.8. The maximum Gasteiger partial charge on any atom is 0.416 e. The van der Waals surface area contributed by atoms with Gasteiger partial charge in [-0.05, 0) is 35.9 Å². The van der Waals surface area contributed by atoms with Gasteiger partial charge in [0.05, 0.1) is 25.3 Å². The van der Waals surface area contributed by atoms with Crippen molar-refractivity contribution in [2.24, 2.45) is 0 Å². The Morgan fingerprint density at radius 1 is 0.903 bits per heavy atom. The molecule has 168 valence electrons. The summed E-state index contributed by atoms with van der Waals surface area (Å²) in [7, 11) is 2.47. The molecule has 0 fully saturated rings. The Bertz CT molecular complexity index is 906. The van der Waals surface area contributed by atoms with Crippen LogP contribution in [0.1, 0.15) is 27.0 Å². The number of rotatable bonds is 6. The molecule has 11 heteroatoms. The van der Waals surface area contributed by atoms with Crippen LogP contribution in [-0.4, -0.2) is 32.1 Å². The van der Waals surface area contributed by atoms with Crippen molar-refractivity contribution in [1.82, 2.24) is 5.32 Å². The second-order valence-electron chi connectivity index (χ2n) is 6.40. The van der Waals surface area contributed by atoms with E-state index in [0.717, 1.165) is 7.11 Å². The maximum absolute atomic E-state index is 13.0. The third kappa shape index (κ3) is 6.37. The van der Waals surface area contributed by atoms with E-state index in [4.69, 9.17) is 4.74 Å². The Morgan fingerprint density at radius 3 is 1.84 bits per heavy atom. The summed E-state index contributed by atoms with van der Waals surface area (Å²) in [5.74, 6) is -1.70. The van der Waals surface area contributed by atoms with Crippen LogP contribution in [0, 0.1) is 0 Å². The molecule has 0 saturated heterocycles. The minimum Gasteiger partial charge on any atom is -0.497 e. The van der Waals surface area contributed by atoms with Crippen LogP contribution in [0.15, 0.2) is 42.5 Å². The van der Waals surface area contributed by atoms with Gasteiger partial charge in [0.25, 0.3) is 5.91 Å². The molecule has 1 amide bonds. The van der Waals surface area contributed by atoms with Gasteiger partial charge in [0.1, 0.15) is 11.8 Å². The molecule has 1 N–H and O–H groups in total. The molecule has 1 atom stereocenters. The molecule has 0 aliphatic carbocycles. The zero-order valence-electron chi connectivity index (χ0n) is 16.2. The minimum atomic E-state index is -5.11. The molecule has 0 bridgehead atoms. The van der Waals surface area contributed by atoms with Gasteiger partial charge in [-0.3, -0.25) is 4.79 Å². The summed E-state index contributed by atoms with van der Waals surface area (Å²) < 4.78 is 87.6. The zero-order valence-corrected chi connectivity index (χ0v) is 16.2. The van der Waals surface area contributed by atoms with E-state index in [0.29, 0.717) is 11.3 Å². The number of esters is 1. The Morgan fingerprint density at radius 2 is 1.42 bits per heavy atom. The van der Waals surface area contributed by atoms with Crippen LogP contribution >= 0.6 is 0 Å². The van der Waals surface area contributed by atoms with Crippen molar-refractivity contribution in [1.29, 1.82) is 0 Å². The number of hydrogen-bond donors (Lipinski definition) is 1. The first-order valence-corrected chi connectivity index (χ1v) is 8.66. The molecule has 0 aliphatic rings. The highest BCUT2D eigenvalue weighted by molar-refractivity contribution is 5.97. The van der Waals surface area contributed by atoms with E-state index >= 15 is 0 Å². The largest absolute Gasteiger partial charge is 0.497 e.